The van der Waals surface area contributed by atoms with Crippen LogP contribution in [0.4, 0.5) is 11.4 Å². The summed E-state index contributed by atoms with van der Waals surface area (Å²) in [5.74, 6) is 0.246. The van der Waals surface area contributed by atoms with Crippen molar-refractivity contribution in [3.05, 3.63) is 71.6 Å². The fraction of sp³-hybridized carbons (Fsp3) is 0.118. The first-order valence-corrected chi connectivity index (χ1v) is 6.75. The van der Waals surface area contributed by atoms with Crippen LogP contribution in [0.15, 0.2) is 60.4 Å². The standard InChI is InChI=1S/C17H16N2O2/c1-21-17(20)11-16-18-14-8-7-13(10-15(14)19-16)9-12-5-3-2-4-6-12/h2-8,10-11,18-19H,9H2,1H3/b16-11+. The van der Waals surface area contributed by atoms with E-state index in [2.05, 4.69) is 39.6 Å². The minimum absolute atomic E-state index is 0.387. The van der Waals surface area contributed by atoms with E-state index in [1.807, 2.05) is 24.3 Å². The minimum atomic E-state index is -0.387. The fourth-order valence-electron chi connectivity index (χ4n) is 2.32. The van der Waals surface area contributed by atoms with E-state index in [1.54, 1.807) is 0 Å². The first kappa shape index (κ1) is 13.2. The molecular formula is C17H16N2O2. The first-order valence-electron chi connectivity index (χ1n) is 6.75. The van der Waals surface area contributed by atoms with Crippen LogP contribution in [0.25, 0.3) is 0 Å². The molecule has 0 amide bonds. The van der Waals surface area contributed by atoms with Gasteiger partial charge in [0.1, 0.15) is 5.82 Å². The van der Waals surface area contributed by atoms with Crippen LogP contribution < -0.4 is 10.6 Å². The van der Waals surface area contributed by atoms with E-state index in [9.17, 15) is 4.79 Å². The highest BCUT2D eigenvalue weighted by Gasteiger charge is 2.15. The lowest BCUT2D eigenvalue weighted by atomic mass is 10.0. The highest BCUT2D eigenvalue weighted by molar-refractivity contribution is 5.88. The molecule has 1 heterocycles. The molecule has 0 saturated heterocycles. The van der Waals surface area contributed by atoms with E-state index in [-0.39, 0.29) is 5.97 Å². The van der Waals surface area contributed by atoms with Crippen LogP contribution >= 0.6 is 0 Å². The second-order valence-corrected chi connectivity index (χ2v) is 4.87. The Morgan fingerprint density at radius 2 is 1.81 bits per heavy atom. The summed E-state index contributed by atoms with van der Waals surface area (Å²) in [6, 6.07) is 16.5. The summed E-state index contributed by atoms with van der Waals surface area (Å²) in [6.07, 6.45) is 2.28. The quantitative estimate of drug-likeness (QED) is 0.670. The zero-order valence-electron chi connectivity index (χ0n) is 11.7. The third-order valence-electron chi connectivity index (χ3n) is 3.34. The summed E-state index contributed by atoms with van der Waals surface area (Å²) in [6.45, 7) is 0. The van der Waals surface area contributed by atoms with E-state index >= 15 is 0 Å². The van der Waals surface area contributed by atoms with Crippen molar-refractivity contribution in [3.8, 4) is 0 Å². The highest BCUT2D eigenvalue weighted by atomic mass is 16.5. The van der Waals surface area contributed by atoms with Gasteiger partial charge in [-0.1, -0.05) is 36.4 Å². The van der Waals surface area contributed by atoms with Gasteiger partial charge in [-0.3, -0.25) is 0 Å². The number of methoxy groups -OCH3 is 1. The zero-order chi connectivity index (χ0) is 14.7. The lowest BCUT2D eigenvalue weighted by Crippen LogP contribution is -2.04. The Bertz CT molecular complexity index is 693. The molecule has 0 saturated carbocycles. The molecule has 0 fully saturated rings. The fourth-order valence-corrected chi connectivity index (χ4v) is 2.32. The molecule has 0 atom stereocenters. The molecule has 1 aliphatic heterocycles. The molecule has 0 bridgehead atoms. The lowest BCUT2D eigenvalue weighted by molar-refractivity contribution is -0.134. The second-order valence-electron chi connectivity index (χ2n) is 4.87. The number of ether oxygens (including phenoxy) is 1. The van der Waals surface area contributed by atoms with E-state index in [0.29, 0.717) is 5.82 Å². The number of hydrogen-bond acceptors (Lipinski definition) is 4. The van der Waals surface area contributed by atoms with Gasteiger partial charge in [-0.05, 0) is 29.7 Å². The largest absolute Gasteiger partial charge is 0.466 e. The number of rotatable bonds is 3. The van der Waals surface area contributed by atoms with Crippen LogP contribution in [0.5, 0.6) is 0 Å². The van der Waals surface area contributed by atoms with Gasteiger partial charge >= 0.3 is 5.97 Å². The second kappa shape index (κ2) is 5.71. The SMILES string of the molecule is COC(=O)/C=C1\Nc2ccc(Cc3ccccc3)cc2N1. The third-order valence-corrected chi connectivity index (χ3v) is 3.34. The molecule has 0 aromatic heterocycles. The van der Waals surface area contributed by atoms with E-state index < -0.39 is 0 Å². The average Bonchev–Trinajstić information content (AvgIpc) is 2.89. The summed E-state index contributed by atoms with van der Waals surface area (Å²) in [7, 11) is 1.36. The van der Waals surface area contributed by atoms with Gasteiger partial charge in [0.25, 0.3) is 0 Å². The predicted octanol–water partition coefficient (Wildman–Crippen LogP) is 3.13. The van der Waals surface area contributed by atoms with Crippen molar-refractivity contribution in [1.29, 1.82) is 0 Å². The summed E-state index contributed by atoms with van der Waals surface area (Å²) in [5.41, 5.74) is 4.42. The van der Waals surface area contributed by atoms with Crippen LogP contribution in [0.2, 0.25) is 0 Å². The molecule has 1 aliphatic rings. The number of carbonyl (C=O) groups excluding carboxylic acids is 1. The number of nitrogens with one attached hydrogen (secondary N) is 2. The molecule has 21 heavy (non-hydrogen) atoms. The van der Waals surface area contributed by atoms with E-state index in [4.69, 9.17) is 0 Å². The van der Waals surface area contributed by atoms with Crippen molar-refractivity contribution in [2.24, 2.45) is 0 Å². The predicted molar refractivity (Wildman–Crippen MR) is 83.0 cm³/mol. The van der Waals surface area contributed by atoms with E-state index in [0.717, 1.165) is 17.8 Å². The smallest absolute Gasteiger partial charge is 0.334 e. The molecule has 0 spiro atoms. The van der Waals surface area contributed by atoms with Gasteiger partial charge in [0.15, 0.2) is 0 Å². The van der Waals surface area contributed by atoms with Gasteiger partial charge in [-0.15, -0.1) is 0 Å². The monoisotopic (exact) mass is 280 g/mol. The van der Waals surface area contributed by atoms with Crippen LogP contribution in [-0.4, -0.2) is 13.1 Å². The molecule has 2 N–H and O–H groups in total. The summed E-state index contributed by atoms with van der Waals surface area (Å²) >= 11 is 0. The minimum Gasteiger partial charge on any atom is -0.466 e. The zero-order valence-corrected chi connectivity index (χ0v) is 11.7. The van der Waals surface area contributed by atoms with Crippen LogP contribution in [-0.2, 0) is 16.0 Å². The molecule has 3 rings (SSSR count). The Labute approximate surface area is 123 Å². The molecule has 106 valence electrons. The van der Waals surface area contributed by atoms with Crippen molar-refractivity contribution >= 4 is 17.3 Å². The van der Waals surface area contributed by atoms with Crippen molar-refractivity contribution in [2.75, 3.05) is 17.7 Å². The van der Waals surface area contributed by atoms with Crippen LogP contribution in [0.1, 0.15) is 11.1 Å². The molecular weight excluding hydrogens is 264 g/mol. The van der Waals surface area contributed by atoms with Gasteiger partial charge in [0.05, 0.1) is 24.6 Å². The molecule has 2 aromatic rings. The third kappa shape index (κ3) is 3.05. The molecule has 0 radical (unpaired) electrons. The Morgan fingerprint density at radius 3 is 2.57 bits per heavy atom. The molecule has 2 aromatic carbocycles. The highest BCUT2D eigenvalue weighted by Crippen LogP contribution is 2.31. The number of hydrogen-bond donors (Lipinski definition) is 2. The number of benzene rings is 2. The van der Waals surface area contributed by atoms with E-state index in [1.165, 1.54) is 24.3 Å². The van der Waals surface area contributed by atoms with Gasteiger partial charge in [0.2, 0.25) is 0 Å². The molecule has 4 heteroatoms. The van der Waals surface area contributed by atoms with Crippen molar-refractivity contribution < 1.29 is 9.53 Å². The lowest BCUT2D eigenvalue weighted by Gasteiger charge is -2.04. The molecule has 4 nitrogen and oxygen atoms in total. The Balaban J connectivity index is 1.77. The Hall–Kier alpha value is -2.75. The maximum atomic E-state index is 11.2. The van der Waals surface area contributed by atoms with Crippen molar-refractivity contribution in [1.82, 2.24) is 0 Å². The summed E-state index contributed by atoms with van der Waals surface area (Å²) in [5, 5.41) is 6.31. The summed E-state index contributed by atoms with van der Waals surface area (Å²) < 4.78 is 4.62. The molecule has 0 unspecified atom stereocenters. The van der Waals surface area contributed by atoms with Crippen LogP contribution in [0.3, 0.4) is 0 Å². The van der Waals surface area contributed by atoms with Gasteiger partial charge in [-0.25, -0.2) is 4.79 Å². The summed E-state index contributed by atoms with van der Waals surface area (Å²) in [4.78, 5) is 11.2. The maximum absolute atomic E-state index is 11.2. The topological polar surface area (TPSA) is 50.4 Å². The number of fused-ring (bicyclic) bond motifs is 1. The number of carbonyl (C=O) groups is 1. The normalized spacial score (nSPS) is 14.2. The number of anilines is 2. The Kier molecular flexibility index (Phi) is 3.60. The average molecular weight is 280 g/mol. The Morgan fingerprint density at radius 1 is 1.05 bits per heavy atom. The maximum Gasteiger partial charge on any atom is 0.334 e. The van der Waals surface area contributed by atoms with Gasteiger partial charge in [-0.2, -0.15) is 0 Å². The van der Waals surface area contributed by atoms with Crippen LogP contribution in [0, 0.1) is 0 Å². The molecule has 0 aliphatic carbocycles. The van der Waals surface area contributed by atoms with Gasteiger partial charge < -0.3 is 15.4 Å². The number of esters is 1. The first-order chi connectivity index (χ1) is 10.2. The van der Waals surface area contributed by atoms with Crippen molar-refractivity contribution in [2.45, 2.75) is 6.42 Å². The van der Waals surface area contributed by atoms with Gasteiger partial charge in [0, 0.05) is 0 Å². The van der Waals surface area contributed by atoms with Crippen molar-refractivity contribution in [3.63, 3.8) is 0 Å².